The summed E-state index contributed by atoms with van der Waals surface area (Å²) < 4.78 is 7.12. The van der Waals surface area contributed by atoms with Crippen molar-refractivity contribution < 1.29 is 9.53 Å². The summed E-state index contributed by atoms with van der Waals surface area (Å²) in [4.78, 5) is 12.7. The molecule has 2 atom stereocenters. The molecule has 138 valence electrons. The van der Waals surface area contributed by atoms with E-state index in [0.29, 0.717) is 0 Å². The molecule has 2 heterocycles. The SMILES string of the molecule is COc1ccc([C@@H]2S[C@@H](C)C(=O)Nc3c2c(C)nn3-c2ccccc2)cc1. The van der Waals surface area contributed by atoms with Crippen LogP contribution in [0.5, 0.6) is 5.75 Å². The van der Waals surface area contributed by atoms with Gasteiger partial charge in [0.05, 0.1) is 29.0 Å². The van der Waals surface area contributed by atoms with Gasteiger partial charge in [0.2, 0.25) is 5.91 Å². The van der Waals surface area contributed by atoms with E-state index < -0.39 is 0 Å². The summed E-state index contributed by atoms with van der Waals surface area (Å²) in [7, 11) is 1.66. The average molecular weight is 379 g/mol. The number of hydrogen-bond acceptors (Lipinski definition) is 4. The minimum Gasteiger partial charge on any atom is -0.497 e. The molecule has 5 nitrogen and oxygen atoms in total. The van der Waals surface area contributed by atoms with Crippen molar-refractivity contribution in [3.63, 3.8) is 0 Å². The Hall–Kier alpha value is -2.73. The zero-order valence-corrected chi connectivity index (χ0v) is 16.3. The number of anilines is 1. The molecule has 27 heavy (non-hydrogen) atoms. The van der Waals surface area contributed by atoms with Crippen LogP contribution in [0.25, 0.3) is 5.69 Å². The van der Waals surface area contributed by atoms with Crippen molar-refractivity contribution in [3.05, 3.63) is 71.4 Å². The number of nitrogens with one attached hydrogen (secondary N) is 1. The highest BCUT2D eigenvalue weighted by Crippen LogP contribution is 2.46. The van der Waals surface area contributed by atoms with Gasteiger partial charge in [-0.3, -0.25) is 4.79 Å². The first kappa shape index (κ1) is 17.7. The van der Waals surface area contributed by atoms with Gasteiger partial charge in [-0.15, -0.1) is 11.8 Å². The molecule has 1 aliphatic rings. The number of aromatic nitrogens is 2. The van der Waals surface area contributed by atoms with E-state index in [0.717, 1.165) is 34.1 Å². The number of methoxy groups -OCH3 is 1. The lowest BCUT2D eigenvalue weighted by Crippen LogP contribution is -2.22. The molecule has 3 aromatic rings. The van der Waals surface area contributed by atoms with Crippen LogP contribution in [0.4, 0.5) is 5.82 Å². The fraction of sp³-hybridized carbons (Fsp3) is 0.238. The first-order chi connectivity index (χ1) is 13.1. The number of fused-ring (bicyclic) bond motifs is 1. The van der Waals surface area contributed by atoms with Gasteiger partial charge in [0.25, 0.3) is 0 Å². The van der Waals surface area contributed by atoms with E-state index in [1.807, 2.05) is 61.0 Å². The van der Waals surface area contributed by atoms with Crippen molar-refractivity contribution >= 4 is 23.5 Å². The maximum atomic E-state index is 12.7. The lowest BCUT2D eigenvalue weighted by Gasteiger charge is -2.17. The molecule has 2 aromatic carbocycles. The molecule has 0 unspecified atom stereocenters. The summed E-state index contributed by atoms with van der Waals surface area (Å²) in [6.07, 6.45) is 0. The molecular weight excluding hydrogens is 358 g/mol. The number of nitrogens with zero attached hydrogens (tertiary/aromatic N) is 2. The second-order valence-corrected chi connectivity index (χ2v) is 7.97. The smallest absolute Gasteiger partial charge is 0.238 e. The Bertz CT molecular complexity index is 967. The van der Waals surface area contributed by atoms with Crippen molar-refractivity contribution in [2.75, 3.05) is 12.4 Å². The highest BCUT2D eigenvalue weighted by atomic mass is 32.2. The Labute approximate surface area is 162 Å². The summed E-state index contributed by atoms with van der Waals surface area (Å²) in [5, 5.41) is 7.67. The Morgan fingerprint density at radius 2 is 1.81 bits per heavy atom. The average Bonchev–Trinajstić information content (AvgIpc) is 2.95. The number of carbonyl (C=O) groups excluding carboxylic acids is 1. The Balaban J connectivity index is 1.87. The largest absolute Gasteiger partial charge is 0.497 e. The summed E-state index contributed by atoms with van der Waals surface area (Å²) >= 11 is 1.64. The maximum absolute atomic E-state index is 12.7. The molecule has 6 heteroatoms. The quantitative estimate of drug-likeness (QED) is 0.735. The van der Waals surface area contributed by atoms with Crippen LogP contribution in [-0.4, -0.2) is 28.0 Å². The molecule has 1 N–H and O–H groups in total. The number of amides is 1. The number of rotatable bonds is 3. The number of benzene rings is 2. The van der Waals surface area contributed by atoms with Crippen molar-refractivity contribution in [2.45, 2.75) is 24.3 Å². The summed E-state index contributed by atoms with van der Waals surface area (Å²) in [6.45, 7) is 3.94. The van der Waals surface area contributed by atoms with Crippen LogP contribution in [-0.2, 0) is 4.79 Å². The van der Waals surface area contributed by atoms with Gasteiger partial charge in [-0.1, -0.05) is 30.3 Å². The highest BCUT2D eigenvalue weighted by molar-refractivity contribution is 8.01. The van der Waals surface area contributed by atoms with Crippen molar-refractivity contribution in [1.82, 2.24) is 9.78 Å². The summed E-state index contributed by atoms with van der Waals surface area (Å²) in [5.41, 5.74) is 4.01. The van der Waals surface area contributed by atoms with Crippen LogP contribution in [0.3, 0.4) is 0 Å². The molecular formula is C21H21N3O2S. The van der Waals surface area contributed by atoms with Gasteiger partial charge >= 0.3 is 0 Å². The van der Waals surface area contributed by atoms with Crippen LogP contribution in [0.1, 0.15) is 29.0 Å². The number of ether oxygens (including phenoxy) is 1. The molecule has 1 amide bonds. The molecule has 1 aliphatic heterocycles. The van der Waals surface area contributed by atoms with Gasteiger partial charge in [0.1, 0.15) is 11.6 Å². The van der Waals surface area contributed by atoms with Crippen molar-refractivity contribution in [2.24, 2.45) is 0 Å². The van der Waals surface area contributed by atoms with Crippen LogP contribution in [0.15, 0.2) is 54.6 Å². The molecule has 0 spiro atoms. The van der Waals surface area contributed by atoms with Crippen LogP contribution >= 0.6 is 11.8 Å². The molecule has 4 rings (SSSR count). The maximum Gasteiger partial charge on any atom is 0.238 e. The Morgan fingerprint density at radius 1 is 1.11 bits per heavy atom. The van der Waals surface area contributed by atoms with E-state index in [4.69, 9.17) is 9.84 Å². The summed E-state index contributed by atoms with van der Waals surface area (Å²) in [6, 6.07) is 17.9. The zero-order chi connectivity index (χ0) is 19.0. The van der Waals surface area contributed by atoms with Crippen LogP contribution < -0.4 is 10.1 Å². The number of carbonyl (C=O) groups is 1. The second-order valence-electron chi connectivity index (χ2n) is 6.52. The monoisotopic (exact) mass is 379 g/mol. The van der Waals surface area contributed by atoms with Crippen LogP contribution in [0.2, 0.25) is 0 Å². The van der Waals surface area contributed by atoms with Crippen molar-refractivity contribution in [1.29, 1.82) is 0 Å². The normalized spacial score (nSPS) is 19.1. The first-order valence-electron chi connectivity index (χ1n) is 8.83. The molecule has 0 bridgehead atoms. The van der Waals surface area contributed by atoms with E-state index in [1.54, 1.807) is 18.9 Å². The van der Waals surface area contributed by atoms with Crippen molar-refractivity contribution in [3.8, 4) is 11.4 Å². The fourth-order valence-electron chi connectivity index (χ4n) is 3.31. The Morgan fingerprint density at radius 3 is 2.48 bits per heavy atom. The Kier molecular flexibility index (Phi) is 4.66. The third kappa shape index (κ3) is 3.21. The number of hydrogen-bond donors (Lipinski definition) is 1. The molecule has 0 saturated heterocycles. The number of aryl methyl sites for hydroxylation is 1. The molecule has 0 radical (unpaired) electrons. The number of para-hydroxylation sites is 1. The standard InChI is InChI=1S/C21H21N3O2S/c1-13-18-19(15-9-11-17(26-3)12-10-15)27-14(2)21(25)22-20(18)24(23-13)16-7-5-4-6-8-16/h4-12,14,19H,1-3H3,(H,22,25)/t14-,19-/m0/s1. The first-order valence-corrected chi connectivity index (χ1v) is 9.78. The van der Waals surface area contributed by atoms with Gasteiger partial charge in [-0.2, -0.15) is 5.10 Å². The van der Waals surface area contributed by atoms with Gasteiger partial charge in [-0.05, 0) is 43.7 Å². The van der Waals surface area contributed by atoms with Crippen LogP contribution in [0, 0.1) is 6.92 Å². The lowest BCUT2D eigenvalue weighted by molar-refractivity contribution is -0.115. The van der Waals surface area contributed by atoms with E-state index >= 15 is 0 Å². The van der Waals surface area contributed by atoms with Gasteiger partial charge < -0.3 is 10.1 Å². The van der Waals surface area contributed by atoms with E-state index in [-0.39, 0.29) is 16.4 Å². The van der Waals surface area contributed by atoms with Gasteiger partial charge in [0.15, 0.2) is 0 Å². The lowest BCUT2D eigenvalue weighted by atomic mass is 10.0. The molecule has 0 fully saturated rings. The van der Waals surface area contributed by atoms with E-state index in [9.17, 15) is 4.79 Å². The summed E-state index contributed by atoms with van der Waals surface area (Å²) in [5.74, 6) is 1.56. The topological polar surface area (TPSA) is 56.1 Å². The van der Waals surface area contributed by atoms with Gasteiger partial charge in [-0.25, -0.2) is 4.68 Å². The van der Waals surface area contributed by atoms with E-state index in [1.165, 1.54) is 0 Å². The third-order valence-electron chi connectivity index (χ3n) is 4.74. The zero-order valence-electron chi connectivity index (χ0n) is 15.5. The highest BCUT2D eigenvalue weighted by Gasteiger charge is 2.33. The number of thioether (sulfide) groups is 1. The fourth-order valence-corrected chi connectivity index (χ4v) is 4.63. The molecule has 0 aliphatic carbocycles. The minimum atomic E-state index is -0.173. The van der Waals surface area contributed by atoms with E-state index in [2.05, 4.69) is 17.4 Å². The predicted octanol–water partition coefficient (Wildman–Crippen LogP) is 4.35. The third-order valence-corrected chi connectivity index (χ3v) is 6.14. The minimum absolute atomic E-state index is 0.00524. The molecule has 1 aromatic heterocycles. The van der Waals surface area contributed by atoms with Gasteiger partial charge in [0, 0.05) is 5.56 Å². The second kappa shape index (κ2) is 7.12. The predicted molar refractivity (Wildman–Crippen MR) is 109 cm³/mol. The molecule has 0 saturated carbocycles.